The summed E-state index contributed by atoms with van der Waals surface area (Å²) in [5.41, 5.74) is 6.85. The molecule has 5 heteroatoms. The lowest BCUT2D eigenvalue weighted by Gasteiger charge is -2.15. The van der Waals surface area contributed by atoms with Gasteiger partial charge in [0.1, 0.15) is 0 Å². The molecule has 1 atom stereocenters. The van der Waals surface area contributed by atoms with Gasteiger partial charge in [0.2, 0.25) is 0 Å². The van der Waals surface area contributed by atoms with Crippen LogP contribution in [0, 0.1) is 0 Å². The molecule has 0 spiro atoms. The standard InChI is InChI=1S/C13H19BrFNO2/c1-9(16)6-10-7-11(14)13(12(8-10)17-2)18-5-3-4-15/h7-9H,3-6,16H2,1-2H3. The lowest BCUT2D eigenvalue weighted by Crippen LogP contribution is -2.17. The number of hydrogen-bond acceptors (Lipinski definition) is 3. The molecule has 0 aliphatic heterocycles. The lowest BCUT2D eigenvalue weighted by atomic mass is 10.1. The molecule has 0 amide bonds. The summed E-state index contributed by atoms with van der Waals surface area (Å²) in [7, 11) is 1.58. The number of methoxy groups -OCH3 is 1. The quantitative estimate of drug-likeness (QED) is 0.785. The Morgan fingerprint density at radius 2 is 2.17 bits per heavy atom. The molecule has 0 aliphatic carbocycles. The molecule has 0 radical (unpaired) electrons. The fraction of sp³-hybridized carbons (Fsp3) is 0.538. The fourth-order valence-electron chi connectivity index (χ4n) is 1.63. The van der Waals surface area contributed by atoms with Crippen molar-refractivity contribution in [2.45, 2.75) is 25.8 Å². The van der Waals surface area contributed by atoms with Gasteiger partial charge in [-0.15, -0.1) is 0 Å². The Kier molecular flexibility index (Phi) is 6.43. The first-order chi connectivity index (χ1) is 8.58. The average Bonchev–Trinajstić information content (AvgIpc) is 2.30. The molecule has 1 aromatic carbocycles. The van der Waals surface area contributed by atoms with Gasteiger partial charge in [0.05, 0.1) is 24.9 Å². The highest BCUT2D eigenvalue weighted by Gasteiger charge is 2.12. The third-order valence-electron chi connectivity index (χ3n) is 2.37. The molecule has 102 valence electrons. The van der Waals surface area contributed by atoms with Gasteiger partial charge in [0.15, 0.2) is 11.5 Å². The average molecular weight is 320 g/mol. The predicted octanol–water partition coefficient (Wildman–Crippen LogP) is 3.09. The zero-order chi connectivity index (χ0) is 13.5. The highest BCUT2D eigenvalue weighted by Crippen LogP contribution is 2.37. The molecule has 2 N–H and O–H groups in total. The Bertz CT molecular complexity index is 385. The maximum atomic E-state index is 12.0. The third kappa shape index (κ3) is 4.46. The van der Waals surface area contributed by atoms with Crippen LogP contribution in [-0.4, -0.2) is 26.4 Å². The summed E-state index contributed by atoms with van der Waals surface area (Å²) in [5.74, 6) is 1.25. The van der Waals surface area contributed by atoms with Crippen molar-refractivity contribution in [3.8, 4) is 11.5 Å². The molecule has 1 rings (SSSR count). The van der Waals surface area contributed by atoms with E-state index in [9.17, 15) is 4.39 Å². The summed E-state index contributed by atoms with van der Waals surface area (Å²) < 4.78 is 23.7. The summed E-state index contributed by atoms with van der Waals surface area (Å²) >= 11 is 3.44. The Morgan fingerprint density at radius 1 is 1.44 bits per heavy atom. The second-order valence-electron chi connectivity index (χ2n) is 4.18. The van der Waals surface area contributed by atoms with Crippen molar-refractivity contribution in [1.82, 2.24) is 0 Å². The van der Waals surface area contributed by atoms with Crippen molar-refractivity contribution >= 4 is 15.9 Å². The van der Waals surface area contributed by atoms with E-state index in [1.54, 1.807) is 7.11 Å². The molecule has 1 unspecified atom stereocenters. The van der Waals surface area contributed by atoms with Crippen LogP contribution in [0.4, 0.5) is 4.39 Å². The minimum absolute atomic E-state index is 0.0833. The smallest absolute Gasteiger partial charge is 0.175 e. The number of rotatable bonds is 7. The number of nitrogens with two attached hydrogens (primary N) is 1. The number of benzene rings is 1. The van der Waals surface area contributed by atoms with Crippen LogP contribution in [0.3, 0.4) is 0 Å². The van der Waals surface area contributed by atoms with E-state index in [0.29, 0.717) is 24.5 Å². The van der Waals surface area contributed by atoms with Crippen molar-refractivity contribution in [2.75, 3.05) is 20.4 Å². The second kappa shape index (κ2) is 7.59. The van der Waals surface area contributed by atoms with E-state index in [1.165, 1.54) is 0 Å². The first kappa shape index (κ1) is 15.2. The van der Waals surface area contributed by atoms with E-state index < -0.39 is 0 Å². The van der Waals surface area contributed by atoms with Gasteiger partial charge >= 0.3 is 0 Å². The number of halogens is 2. The zero-order valence-corrected chi connectivity index (χ0v) is 12.3. The highest BCUT2D eigenvalue weighted by atomic mass is 79.9. The van der Waals surface area contributed by atoms with Gasteiger partial charge in [-0.2, -0.15) is 0 Å². The summed E-state index contributed by atoms with van der Waals surface area (Å²) in [6.07, 6.45) is 1.14. The Hall–Kier alpha value is -0.810. The van der Waals surface area contributed by atoms with Crippen molar-refractivity contribution in [2.24, 2.45) is 5.73 Å². The monoisotopic (exact) mass is 319 g/mol. The first-order valence-corrected chi connectivity index (χ1v) is 6.68. The molecule has 3 nitrogen and oxygen atoms in total. The van der Waals surface area contributed by atoms with Crippen LogP contribution in [0.5, 0.6) is 11.5 Å². The van der Waals surface area contributed by atoms with Crippen LogP contribution < -0.4 is 15.2 Å². The molecular formula is C13H19BrFNO2. The van der Waals surface area contributed by atoms with Gasteiger partial charge in [-0.05, 0) is 47.0 Å². The normalized spacial score (nSPS) is 12.3. The fourth-order valence-corrected chi connectivity index (χ4v) is 2.24. The lowest BCUT2D eigenvalue weighted by molar-refractivity contribution is 0.272. The summed E-state index contributed by atoms with van der Waals surface area (Å²) in [4.78, 5) is 0. The maximum absolute atomic E-state index is 12.0. The molecule has 0 aromatic heterocycles. The molecule has 0 bridgehead atoms. The zero-order valence-electron chi connectivity index (χ0n) is 10.7. The third-order valence-corrected chi connectivity index (χ3v) is 2.96. The molecule has 0 saturated heterocycles. The molecular weight excluding hydrogens is 301 g/mol. The van der Waals surface area contributed by atoms with Gasteiger partial charge in [-0.25, -0.2) is 0 Å². The topological polar surface area (TPSA) is 44.5 Å². The van der Waals surface area contributed by atoms with E-state index in [4.69, 9.17) is 15.2 Å². The first-order valence-electron chi connectivity index (χ1n) is 5.89. The van der Waals surface area contributed by atoms with E-state index in [0.717, 1.165) is 16.5 Å². The van der Waals surface area contributed by atoms with Gasteiger partial charge in [0, 0.05) is 12.5 Å². The van der Waals surface area contributed by atoms with Crippen molar-refractivity contribution in [3.05, 3.63) is 22.2 Å². The Morgan fingerprint density at radius 3 is 2.72 bits per heavy atom. The van der Waals surface area contributed by atoms with E-state index >= 15 is 0 Å². The molecule has 0 heterocycles. The van der Waals surface area contributed by atoms with E-state index in [-0.39, 0.29) is 12.7 Å². The predicted molar refractivity (Wildman–Crippen MR) is 74.1 cm³/mol. The summed E-state index contributed by atoms with van der Waals surface area (Å²) in [5, 5.41) is 0. The van der Waals surface area contributed by atoms with Crippen LogP contribution >= 0.6 is 15.9 Å². The van der Waals surface area contributed by atoms with Crippen molar-refractivity contribution in [3.63, 3.8) is 0 Å². The van der Waals surface area contributed by atoms with E-state index in [1.807, 2.05) is 19.1 Å². The van der Waals surface area contributed by atoms with Crippen LogP contribution in [0.25, 0.3) is 0 Å². The number of hydrogen-bond donors (Lipinski definition) is 1. The van der Waals surface area contributed by atoms with Crippen LogP contribution in [-0.2, 0) is 6.42 Å². The number of ether oxygens (including phenoxy) is 2. The number of alkyl halides is 1. The Balaban J connectivity index is 2.89. The molecule has 0 saturated carbocycles. The summed E-state index contributed by atoms with van der Waals surface area (Å²) in [6.45, 7) is 1.90. The molecule has 0 fully saturated rings. The Labute approximate surface area is 116 Å². The highest BCUT2D eigenvalue weighted by molar-refractivity contribution is 9.10. The molecule has 1 aromatic rings. The maximum Gasteiger partial charge on any atom is 0.175 e. The van der Waals surface area contributed by atoms with Gasteiger partial charge in [-0.3, -0.25) is 4.39 Å². The van der Waals surface area contributed by atoms with E-state index in [2.05, 4.69) is 15.9 Å². The van der Waals surface area contributed by atoms with Crippen LogP contribution in [0.2, 0.25) is 0 Å². The minimum Gasteiger partial charge on any atom is -0.493 e. The van der Waals surface area contributed by atoms with Gasteiger partial charge in [-0.1, -0.05) is 0 Å². The molecule has 0 aliphatic rings. The minimum atomic E-state index is -0.386. The van der Waals surface area contributed by atoms with Crippen molar-refractivity contribution in [1.29, 1.82) is 0 Å². The van der Waals surface area contributed by atoms with Gasteiger partial charge in [0.25, 0.3) is 0 Å². The van der Waals surface area contributed by atoms with Gasteiger partial charge < -0.3 is 15.2 Å². The van der Waals surface area contributed by atoms with Crippen molar-refractivity contribution < 1.29 is 13.9 Å². The molecule has 18 heavy (non-hydrogen) atoms. The SMILES string of the molecule is COc1cc(CC(C)N)cc(Br)c1OCCCF. The second-order valence-corrected chi connectivity index (χ2v) is 5.04. The largest absolute Gasteiger partial charge is 0.493 e. The summed E-state index contributed by atoms with van der Waals surface area (Å²) in [6, 6.07) is 3.94. The van der Waals surface area contributed by atoms with Crippen LogP contribution in [0.15, 0.2) is 16.6 Å². The van der Waals surface area contributed by atoms with Crippen LogP contribution in [0.1, 0.15) is 18.9 Å².